The third-order valence-electron chi connectivity index (χ3n) is 4.57. The van der Waals surface area contributed by atoms with Crippen LogP contribution in [-0.4, -0.2) is 62.2 Å². The summed E-state index contributed by atoms with van der Waals surface area (Å²) in [6, 6.07) is 1.59. The molecule has 1 saturated carbocycles. The van der Waals surface area contributed by atoms with Gasteiger partial charge >= 0.3 is 0 Å². The van der Waals surface area contributed by atoms with Gasteiger partial charge in [-0.3, -0.25) is 0 Å². The van der Waals surface area contributed by atoms with Gasteiger partial charge in [0.25, 0.3) is 0 Å². The molecule has 3 heteroatoms. The summed E-state index contributed by atoms with van der Waals surface area (Å²) >= 11 is 0. The van der Waals surface area contributed by atoms with Crippen LogP contribution < -0.4 is 5.32 Å². The van der Waals surface area contributed by atoms with Crippen molar-refractivity contribution in [1.82, 2.24) is 15.1 Å². The highest BCUT2D eigenvalue weighted by molar-refractivity contribution is 4.83. The smallest absolute Gasteiger partial charge is 0.0107 e. The molecule has 17 heavy (non-hydrogen) atoms. The Bertz CT molecular complexity index is 220. The summed E-state index contributed by atoms with van der Waals surface area (Å²) in [6.45, 7) is 7.28. The van der Waals surface area contributed by atoms with E-state index >= 15 is 0 Å². The summed E-state index contributed by atoms with van der Waals surface area (Å²) in [4.78, 5) is 4.96. The molecule has 0 spiro atoms. The van der Waals surface area contributed by atoms with E-state index in [0.717, 1.165) is 18.5 Å². The van der Waals surface area contributed by atoms with Crippen molar-refractivity contribution in [1.29, 1.82) is 0 Å². The van der Waals surface area contributed by atoms with Crippen molar-refractivity contribution in [3.05, 3.63) is 0 Å². The van der Waals surface area contributed by atoms with E-state index in [2.05, 4.69) is 36.1 Å². The molecule has 1 atom stereocenters. The van der Waals surface area contributed by atoms with Gasteiger partial charge in [0.2, 0.25) is 0 Å². The van der Waals surface area contributed by atoms with Gasteiger partial charge in [-0.1, -0.05) is 0 Å². The highest BCUT2D eigenvalue weighted by Crippen LogP contribution is 2.24. The van der Waals surface area contributed by atoms with Crippen LogP contribution in [0.2, 0.25) is 0 Å². The molecule has 1 unspecified atom stereocenters. The minimum atomic E-state index is 0.691. The van der Waals surface area contributed by atoms with Gasteiger partial charge in [0.05, 0.1) is 0 Å². The zero-order valence-corrected chi connectivity index (χ0v) is 11.8. The number of likely N-dealkylation sites (tertiary alicyclic amines) is 1. The van der Waals surface area contributed by atoms with Crippen molar-refractivity contribution in [2.24, 2.45) is 5.92 Å². The molecule has 1 aliphatic carbocycles. The number of rotatable bonds is 6. The highest BCUT2D eigenvalue weighted by Gasteiger charge is 2.26. The lowest BCUT2D eigenvalue weighted by Crippen LogP contribution is -2.43. The van der Waals surface area contributed by atoms with Crippen LogP contribution in [0.4, 0.5) is 0 Å². The molecule has 0 bridgehead atoms. The first-order valence-corrected chi connectivity index (χ1v) is 7.29. The van der Waals surface area contributed by atoms with Crippen molar-refractivity contribution in [2.45, 2.75) is 44.7 Å². The maximum atomic E-state index is 3.72. The molecule has 0 radical (unpaired) electrons. The highest BCUT2D eigenvalue weighted by atomic mass is 15.2. The second-order valence-corrected chi connectivity index (χ2v) is 6.10. The fourth-order valence-corrected chi connectivity index (χ4v) is 2.86. The largest absolute Gasteiger partial charge is 0.313 e. The van der Waals surface area contributed by atoms with Crippen molar-refractivity contribution < 1.29 is 0 Å². The number of hydrogen-bond donors (Lipinski definition) is 1. The van der Waals surface area contributed by atoms with Gasteiger partial charge < -0.3 is 15.1 Å². The van der Waals surface area contributed by atoms with Gasteiger partial charge in [-0.2, -0.15) is 0 Å². The van der Waals surface area contributed by atoms with E-state index in [1.54, 1.807) is 0 Å². The summed E-state index contributed by atoms with van der Waals surface area (Å²) in [6.07, 6.45) is 5.56. The van der Waals surface area contributed by atoms with E-state index in [1.165, 1.54) is 45.3 Å². The van der Waals surface area contributed by atoms with Gasteiger partial charge in [0, 0.05) is 25.2 Å². The van der Waals surface area contributed by atoms with Gasteiger partial charge in [-0.15, -0.1) is 0 Å². The summed E-state index contributed by atoms with van der Waals surface area (Å²) in [5, 5.41) is 3.72. The maximum absolute atomic E-state index is 3.72. The average molecular weight is 239 g/mol. The zero-order valence-electron chi connectivity index (χ0n) is 11.8. The Morgan fingerprint density at radius 2 is 1.88 bits per heavy atom. The third kappa shape index (κ3) is 4.23. The first-order chi connectivity index (χ1) is 8.16. The maximum Gasteiger partial charge on any atom is 0.0107 e. The molecule has 100 valence electrons. The molecule has 0 aromatic carbocycles. The Morgan fingerprint density at radius 3 is 2.47 bits per heavy atom. The quantitative estimate of drug-likeness (QED) is 0.756. The monoisotopic (exact) mass is 239 g/mol. The van der Waals surface area contributed by atoms with Crippen LogP contribution in [-0.2, 0) is 0 Å². The second kappa shape index (κ2) is 6.17. The van der Waals surface area contributed by atoms with Crippen LogP contribution in [0.5, 0.6) is 0 Å². The topological polar surface area (TPSA) is 18.5 Å². The summed E-state index contributed by atoms with van der Waals surface area (Å²) < 4.78 is 0. The molecule has 0 amide bonds. The Hall–Kier alpha value is -0.120. The van der Waals surface area contributed by atoms with Crippen molar-refractivity contribution >= 4 is 0 Å². The number of likely N-dealkylation sites (N-methyl/N-ethyl adjacent to an activating group) is 1. The van der Waals surface area contributed by atoms with Crippen LogP contribution >= 0.6 is 0 Å². The molecule has 3 nitrogen and oxygen atoms in total. The van der Waals surface area contributed by atoms with Gasteiger partial charge in [-0.05, 0) is 65.7 Å². The Morgan fingerprint density at radius 1 is 1.24 bits per heavy atom. The summed E-state index contributed by atoms with van der Waals surface area (Å²) in [5.74, 6) is 0.887. The molecule has 2 aliphatic rings. The molecule has 0 aromatic rings. The first kappa shape index (κ1) is 13.3. The minimum Gasteiger partial charge on any atom is -0.313 e. The molecule has 0 aromatic heterocycles. The lowest BCUT2D eigenvalue weighted by molar-refractivity contribution is 0.187. The van der Waals surface area contributed by atoms with E-state index in [9.17, 15) is 0 Å². The Balaban J connectivity index is 1.58. The van der Waals surface area contributed by atoms with E-state index in [1.807, 2.05) is 0 Å². The van der Waals surface area contributed by atoms with E-state index in [4.69, 9.17) is 0 Å². The standard InChI is InChI=1S/C14H29N3/c1-12(13-6-9-16(2)10-7-13)15-8-11-17(3)14-4-5-14/h12-15H,4-11H2,1-3H3. The van der Waals surface area contributed by atoms with Crippen molar-refractivity contribution in [3.8, 4) is 0 Å². The molecular weight excluding hydrogens is 210 g/mol. The van der Waals surface area contributed by atoms with Gasteiger partial charge in [0.1, 0.15) is 0 Å². The fraction of sp³-hybridized carbons (Fsp3) is 1.00. The first-order valence-electron chi connectivity index (χ1n) is 7.29. The molecule has 1 saturated heterocycles. The molecule has 1 aliphatic heterocycles. The Labute approximate surface area is 107 Å². The molecular formula is C14H29N3. The number of piperidine rings is 1. The minimum absolute atomic E-state index is 0.691. The summed E-state index contributed by atoms with van der Waals surface area (Å²) in [5.41, 5.74) is 0. The predicted molar refractivity (Wildman–Crippen MR) is 73.3 cm³/mol. The van der Waals surface area contributed by atoms with E-state index < -0.39 is 0 Å². The zero-order chi connectivity index (χ0) is 12.3. The lowest BCUT2D eigenvalue weighted by atomic mass is 9.90. The average Bonchev–Trinajstić information content (AvgIpc) is 3.13. The van der Waals surface area contributed by atoms with E-state index in [-0.39, 0.29) is 0 Å². The van der Waals surface area contributed by atoms with Gasteiger partial charge in [0.15, 0.2) is 0 Å². The van der Waals surface area contributed by atoms with Crippen LogP contribution in [0.3, 0.4) is 0 Å². The lowest BCUT2D eigenvalue weighted by Gasteiger charge is -2.33. The van der Waals surface area contributed by atoms with Crippen LogP contribution in [0.15, 0.2) is 0 Å². The number of nitrogens with zero attached hydrogens (tertiary/aromatic N) is 2. The SMILES string of the molecule is CC(NCCN(C)C1CC1)C1CCN(C)CC1. The van der Waals surface area contributed by atoms with Crippen LogP contribution in [0, 0.1) is 5.92 Å². The number of nitrogens with one attached hydrogen (secondary N) is 1. The van der Waals surface area contributed by atoms with Crippen molar-refractivity contribution in [3.63, 3.8) is 0 Å². The van der Waals surface area contributed by atoms with Crippen LogP contribution in [0.1, 0.15) is 32.6 Å². The number of hydrogen-bond acceptors (Lipinski definition) is 3. The fourth-order valence-electron chi connectivity index (χ4n) is 2.86. The van der Waals surface area contributed by atoms with Crippen LogP contribution in [0.25, 0.3) is 0 Å². The van der Waals surface area contributed by atoms with E-state index in [0.29, 0.717) is 6.04 Å². The van der Waals surface area contributed by atoms with Crippen molar-refractivity contribution in [2.75, 3.05) is 40.3 Å². The second-order valence-electron chi connectivity index (χ2n) is 6.10. The van der Waals surface area contributed by atoms with Gasteiger partial charge in [-0.25, -0.2) is 0 Å². The molecule has 1 N–H and O–H groups in total. The molecule has 2 fully saturated rings. The molecule has 2 rings (SSSR count). The Kier molecular flexibility index (Phi) is 4.83. The normalized spacial score (nSPS) is 25.4. The third-order valence-corrected chi connectivity index (χ3v) is 4.57. The predicted octanol–water partition coefficient (Wildman–Crippen LogP) is 1.40. The molecule has 1 heterocycles. The summed E-state index contributed by atoms with van der Waals surface area (Å²) in [7, 11) is 4.50.